The summed E-state index contributed by atoms with van der Waals surface area (Å²) in [5.74, 6) is -1.96. The van der Waals surface area contributed by atoms with Crippen molar-refractivity contribution < 1.29 is 27.8 Å². The largest absolute Gasteiger partial charge is 0.444 e. The van der Waals surface area contributed by atoms with E-state index in [2.05, 4.69) is 5.32 Å². The highest BCUT2D eigenvalue weighted by Gasteiger charge is 2.50. The van der Waals surface area contributed by atoms with Gasteiger partial charge in [0.15, 0.2) is 11.6 Å². The first-order valence-electron chi connectivity index (χ1n) is 9.08. The minimum Gasteiger partial charge on any atom is -0.444 e. The Hall–Kier alpha value is -2.38. The minimum atomic E-state index is -1.10. The van der Waals surface area contributed by atoms with Crippen molar-refractivity contribution in [3.05, 3.63) is 34.9 Å². The van der Waals surface area contributed by atoms with Crippen molar-refractivity contribution in [2.24, 2.45) is 0 Å². The highest BCUT2D eigenvalue weighted by molar-refractivity contribution is 5.73. The molecule has 1 fully saturated rings. The predicted octanol–water partition coefficient (Wildman–Crippen LogP) is 4.24. The maximum Gasteiger partial charge on any atom is 0.410 e. The molecular weight excluding hydrogens is 370 g/mol. The quantitative estimate of drug-likeness (QED) is 0.809. The molecule has 2 amide bonds. The van der Waals surface area contributed by atoms with Crippen molar-refractivity contribution in [3.63, 3.8) is 0 Å². The summed E-state index contributed by atoms with van der Waals surface area (Å²) in [6, 6.07) is 2.42. The fourth-order valence-electron chi connectivity index (χ4n) is 3.05. The van der Waals surface area contributed by atoms with Crippen molar-refractivity contribution in [2.75, 3.05) is 13.1 Å². The second kappa shape index (κ2) is 7.22. The number of carbonyl (C=O) groups excluding carboxylic acids is 2. The van der Waals surface area contributed by atoms with Crippen molar-refractivity contribution >= 4 is 12.2 Å². The molecule has 1 aromatic carbocycles. The summed E-state index contributed by atoms with van der Waals surface area (Å²) in [6.07, 6.45) is -1.25. The third kappa shape index (κ3) is 4.91. The molecule has 1 aliphatic rings. The fraction of sp³-hybridized carbons (Fsp3) is 0.600. The molecule has 1 aromatic rings. The van der Waals surface area contributed by atoms with Crippen molar-refractivity contribution in [2.45, 2.75) is 65.2 Å². The molecule has 0 aliphatic carbocycles. The number of halogens is 2. The highest BCUT2D eigenvalue weighted by Crippen LogP contribution is 2.36. The first kappa shape index (κ1) is 21.9. The fourth-order valence-corrected chi connectivity index (χ4v) is 3.05. The van der Waals surface area contributed by atoms with E-state index in [1.165, 1.54) is 17.9 Å². The van der Waals surface area contributed by atoms with Crippen molar-refractivity contribution in [1.29, 1.82) is 0 Å². The Balaban J connectivity index is 2.31. The van der Waals surface area contributed by atoms with Crippen LogP contribution in [-0.4, -0.2) is 41.4 Å². The highest BCUT2D eigenvalue weighted by atomic mass is 19.2. The molecule has 1 aliphatic heterocycles. The number of rotatable bonds is 2. The maximum atomic E-state index is 14.1. The number of nitrogens with zero attached hydrogens (tertiary/aromatic N) is 1. The molecule has 1 saturated heterocycles. The van der Waals surface area contributed by atoms with Crippen molar-refractivity contribution in [3.8, 4) is 0 Å². The molecule has 0 spiro atoms. The maximum absolute atomic E-state index is 14.1. The topological polar surface area (TPSA) is 67.9 Å². The van der Waals surface area contributed by atoms with Gasteiger partial charge in [0.05, 0.1) is 13.1 Å². The van der Waals surface area contributed by atoms with Gasteiger partial charge in [0.2, 0.25) is 0 Å². The van der Waals surface area contributed by atoms with E-state index >= 15 is 0 Å². The van der Waals surface area contributed by atoms with Gasteiger partial charge in [0.25, 0.3) is 0 Å². The SMILES string of the molecule is Cc1c(C2(NC(=O)OC(C)(C)C)CN(C(=O)OC(C)(C)C)C2)ccc(F)c1F. The van der Waals surface area contributed by atoms with Gasteiger partial charge in [-0.2, -0.15) is 0 Å². The van der Waals surface area contributed by atoms with Crippen LogP contribution in [-0.2, 0) is 15.0 Å². The number of alkyl carbamates (subject to hydrolysis) is 1. The zero-order valence-corrected chi connectivity index (χ0v) is 17.4. The molecule has 1 heterocycles. The van der Waals surface area contributed by atoms with Crippen LogP contribution in [0.25, 0.3) is 0 Å². The normalized spacial score (nSPS) is 16.2. The average molecular weight is 398 g/mol. The molecule has 0 atom stereocenters. The Kier molecular flexibility index (Phi) is 5.65. The van der Waals surface area contributed by atoms with Crippen LogP contribution in [0.5, 0.6) is 0 Å². The molecule has 156 valence electrons. The number of ether oxygens (including phenoxy) is 2. The van der Waals surface area contributed by atoms with Crippen LogP contribution in [0.4, 0.5) is 18.4 Å². The molecule has 28 heavy (non-hydrogen) atoms. The lowest BCUT2D eigenvalue weighted by molar-refractivity contribution is -0.0232. The molecule has 8 heteroatoms. The summed E-state index contributed by atoms with van der Waals surface area (Å²) in [6.45, 7) is 11.9. The Labute approximate surface area is 164 Å². The van der Waals surface area contributed by atoms with Crippen molar-refractivity contribution in [1.82, 2.24) is 10.2 Å². The summed E-state index contributed by atoms with van der Waals surface area (Å²) >= 11 is 0. The summed E-state index contributed by atoms with van der Waals surface area (Å²) in [4.78, 5) is 26.1. The summed E-state index contributed by atoms with van der Waals surface area (Å²) in [5.41, 5.74) is -2.05. The van der Waals surface area contributed by atoms with Crippen LogP contribution in [0.1, 0.15) is 52.7 Å². The summed E-state index contributed by atoms with van der Waals surface area (Å²) in [5, 5.41) is 2.74. The van der Waals surface area contributed by atoms with E-state index in [1.807, 2.05) is 0 Å². The molecule has 1 N–H and O–H groups in total. The number of benzene rings is 1. The van der Waals surface area contributed by atoms with Gasteiger partial charge in [-0.15, -0.1) is 0 Å². The third-order valence-electron chi connectivity index (χ3n) is 4.17. The molecule has 6 nitrogen and oxygen atoms in total. The van der Waals surface area contributed by atoms with Crippen LogP contribution in [0.3, 0.4) is 0 Å². The van der Waals surface area contributed by atoms with Gasteiger partial charge < -0.3 is 19.7 Å². The van der Waals surface area contributed by atoms with E-state index in [1.54, 1.807) is 41.5 Å². The second-order valence-electron chi connectivity index (χ2n) is 9.08. The van der Waals surface area contributed by atoms with Gasteiger partial charge in [-0.3, -0.25) is 0 Å². The first-order chi connectivity index (χ1) is 12.6. The monoisotopic (exact) mass is 398 g/mol. The number of likely N-dealkylation sites (tertiary alicyclic amines) is 1. The van der Waals surface area contributed by atoms with E-state index in [0.29, 0.717) is 5.56 Å². The van der Waals surface area contributed by atoms with E-state index in [0.717, 1.165) is 6.07 Å². The van der Waals surface area contributed by atoms with Gasteiger partial charge in [0.1, 0.15) is 16.7 Å². The average Bonchev–Trinajstić information content (AvgIpc) is 2.45. The lowest BCUT2D eigenvalue weighted by Gasteiger charge is -2.50. The van der Waals surface area contributed by atoms with Crippen LogP contribution in [0.15, 0.2) is 12.1 Å². The zero-order chi connectivity index (χ0) is 21.5. The molecule has 2 rings (SSSR count). The number of amides is 2. The van der Waals surface area contributed by atoms with Crippen LogP contribution >= 0.6 is 0 Å². The van der Waals surface area contributed by atoms with Gasteiger partial charge in [0, 0.05) is 0 Å². The van der Waals surface area contributed by atoms with Gasteiger partial charge in [-0.1, -0.05) is 6.07 Å². The third-order valence-corrected chi connectivity index (χ3v) is 4.17. The van der Waals surface area contributed by atoms with Crippen LogP contribution < -0.4 is 5.32 Å². The molecule has 0 unspecified atom stereocenters. The zero-order valence-electron chi connectivity index (χ0n) is 17.4. The number of hydrogen-bond donors (Lipinski definition) is 1. The summed E-state index contributed by atoms with van der Waals surface area (Å²) < 4.78 is 38.4. The Morgan fingerprint density at radius 1 is 1.04 bits per heavy atom. The second-order valence-corrected chi connectivity index (χ2v) is 9.08. The van der Waals surface area contributed by atoms with E-state index in [4.69, 9.17) is 9.47 Å². The summed E-state index contributed by atoms with van der Waals surface area (Å²) in [7, 11) is 0. The number of hydrogen-bond acceptors (Lipinski definition) is 4. The Morgan fingerprint density at radius 2 is 1.57 bits per heavy atom. The number of carbonyl (C=O) groups is 2. The minimum absolute atomic E-state index is 0.0487. The standard InChI is InChI=1S/C20H28F2N2O4/c1-12-13(8-9-14(21)15(12)22)20(23-16(25)27-18(2,3)4)10-24(11-20)17(26)28-19(5,6)7/h8-9H,10-11H2,1-7H3,(H,23,25). The van der Waals surface area contributed by atoms with E-state index < -0.39 is 40.6 Å². The molecule has 0 radical (unpaired) electrons. The molecule has 0 aromatic heterocycles. The first-order valence-corrected chi connectivity index (χ1v) is 9.08. The van der Waals surface area contributed by atoms with Crippen LogP contribution in [0, 0.1) is 18.6 Å². The number of nitrogens with one attached hydrogen (secondary N) is 1. The van der Waals surface area contributed by atoms with Gasteiger partial charge in [-0.25, -0.2) is 18.4 Å². The molecular formula is C20H28F2N2O4. The van der Waals surface area contributed by atoms with Gasteiger partial charge >= 0.3 is 12.2 Å². The Bertz CT molecular complexity index is 776. The molecule has 0 saturated carbocycles. The van der Waals surface area contributed by atoms with E-state index in [9.17, 15) is 18.4 Å². The smallest absolute Gasteiger partial charge is 0.410 e. The van der Waals surface area contributed by atoms with Gasteiger partial charge in [-0.05, 0) is 65.7 Å². The van der Waals surface area contributed by atoms with Crippen LogP contribution in [0.2, 0.25) is 0 Å². The lowest BCUT2D eigenvalue weighted by atomic mass is 9.80. The molecule has 0 bridgehead atoms. The Morgan fingerprint density at radius 3 is 2.07 bits per heavy atom. The van der Waals surface area contributed by atoms with E-state index in [-0.39, 0.29) is 18.7 Å². The lowest BCUT2D eigenvalue weighted by Crippen LogP contribution is -2.69. The predicted molar refractivity (Wildman–Crippen MR) is 99.9 cm³/mol.